The molecule has 1 aliphatic heterocycles. The minimum absolute atomic E-state index is 0.139. The minimum atomic E-state index is -2.57. The van der Waals surface area contributed by atoms with Crippen molar-refractivity contribution >= 4 is 11.5 Å². The summed E-state index contributed by atoms with van der Waals surface area (Å²) in [4.78, 5) is 13.3. The number of carbonyl (C=O) groups is 1. The van der Waals surface area contributed by atoms with Gasteiger partial charge >= 0.3 is 0 Å². The van der Waals surface area contributed by atoms with E-state index < -0.39 is 5.92 Å². The maximum Gasteiger partial charge on any atom is 0.282 e. The number of nitrogens with zero attached hydrogens (tertiary/aromatic N) is 1. The lowest BCUT2D eigenvalue weighted by Crippen LogP contribution is -2.56. The molecule has 0 N–H and O–H groups in total. The summed E-state index contributed by atoms with van der Waals surface area (Å²) in [5.74, 6) is -2.43. The highest BCUT2D eigenvalue weighted by Crippen LogP contribution is 2.34. The first-order valence-electron chi connectivity index (χ1n) is 5.84. The molecule has 0 radical (unpaired) electrons. The van der Waals surface area contributed by atoms with Gasteiger partial charge in [0.1, 0.15) is 0 Å². The SMILES string of the molecule is O=C1CCCc2ccc(N3CC(F)(F)C3)cc21. The normalized spacial score (nSPS) is 22.0. The Kier molecular flexibility index (Phi) is 2.21. The van der Waals surface area contributed by atoms with Gasteiger partial charge in [0, 0.05) is 17.7 Å². The lowest BCUT2D eigenvalue weighted by atomic mass is 9.90. The van der Waals surface area contributed by atoms with Gasteiger partial charge in [-0.1, -0.05) is 6.07 Å². The number of anilines is 1. The molecule has 0 aromatic heterocycles. The highest BCUT2D eigenvalue weighted by Gasteiger charge is 2.44. The molecular weight excluding hydrogens is 224 g/mol. The third-order valence-corrected chi connectivity index (χ3v) is 3.45. The highest BCUT2D eigenvalue weighted by atomic mass is 19.3. The quantitative estimate of drug-likeness (QED) is 0.748. The molecule has 1 fully saturated rings. The van der Waals surface area contributed by atoms with Gasteiger partial charge in [-0.05, 0) is 30.5 Å². The number of rotatable bonds is 1. The van der Waals surface area contributed by atoms with Gasteiger partial charge in [-0.2, -0.15) is 0 Å². The Morgan fingerprint density at radius 1 is 1.18 bits per heavy atom. The number of alkyl halides is 2. The van der Waals surface area contributed by atoms with Crippen LogP contribution in [0.4, 0.5) is 14.5 Å². The molecular formula is C13H13F2NO. The van der Waals surface area contributed by atoms with E-state index in [4.69, 9.17) is 0 Å². The van der Waals surface area contributed by atoms with Crippen molar-refractivity contribution in [1.82, 2.24) is 0 Å². The van der Waals surface area contributed by atoms with Gasteiger partial charge in [0.15, 0.2) is 5.78 Å². The number of carbonyl (C=O) groups excluding carboxylic acids is 1. The Hall–Kier alpha value is -1.45. The molecule has 0 atom stereocenters. The molecule has 17 heavy (non-hydrogen) atoms. The fourth-order valence-corrected chi connectivity index (χ4v) is 2.51. The average Bonchev–Trinajstić information content (AvgIpc) is 2.26. The zero-order valence-corrected chi connectivity index (χ0v) is 9.38. The van der Waals surface area contributed by atoms with Crippen LogP contribution in [-0.4, -0.2) is 24.8 Å². The molecule has 0 bridgehead atoms. The van der Waals surface area contributed by atoms with E-state index in [1.807, 2.05) is 12.1 Å². The number of aryl methyl sites for hydroxylation is 1. The van der Waals surface area contributed by atoms with Gasteiger partial charge < -0.3 is 4.90 Å². The summed E-state index contributed by atoms with van der Waals surface area (Å²) in [5, 5.41) is 0. The summed E-state index contributed by atoms with van der Waals surface area (Å²) in [6.07, 6.45) is 2.39. The largest absolute Gasteiger partial charge is 0.359 e. The first kappa shape index (κ1) is 10.7. The van der Waals surface area contributed by atoms with Crippen LogP contribution < -0.4 is 4.90 Å². The number of ketones is 1. The number of hydrogen-bond donors (Lipinski definition) is 0. The number of benzene rings is 1. The molecule has 2 aliphatic rings. The van der Waals surface area contributed by atoms with E-state index in [0.717, 1.165) is 29.7 Å². The lowest BCUT2D eigenvalue weighted by Gasteiger charge is -2.40. The van der Waals surface area contributed by atoms with Crippen LogP contribution in [0.15, 0.2) is 18.2 Å². The van der Waals surface area contributed by atoms with Crippen LogP contribution in [-0.2, 0) is 6.42 Å². The summed E-state index contributed by atoms with van der Waals surface area (Å²) in [7, 11) is 0. The predicted octanol–water partition coefficient (Wildman–Crippen LogP) is 2.66. The van der Waals surface area contributed by atoms with Gasteiger partial charge in [-0.15, -0.1) is 0 Å². The summed E-state index contributed by atoms with van der Waals surface area (Å²) in [6, 6.07) is 5.51. The molecule has 0 unspecified atom stereocenters. The Bertz CT molecular complexity index is 476. The lowest BCUT2D eigenvalue weighted by molar-refractivity contribution is -0.0262. The van der Waals surface area contributed by atoms with Crippen molar-refractivity contribution in [2.75, 3.05) is 18.0 Å². The number of halogens is 2. The smallest absolute Gasteiger partial charge is 0.282 e. The molecule has 90 valence electrons. The van der Waals surface area contributed by atoms with Gasteiger partial charge in [0.2, 0.25) is 0 Å². The second kappa shape index (κ2) is 3.52. The maximum atomic E-state index is 12.8. The molecule has 2 nitrogen and oxygen atoms in total. The van der Waals surface area contributed by atoms with Crippen LogP contribution >= 0.6 is 0 Å². The Balaban J connectivity index is 1.88. The Morgan fingerprint density at radius 3 is 2.65 bits per heavy atom. The van der Waals surface area contributed by atoms with Crippen molar-refractivity contribution in [3.8, 4) is 0 Å². The Labute approximate surface area is 98.2 Å². The third kappa shape index (κ3) is 1.81. The van der Waals surface area contributed by atoms with E-state index in [2.05, 4.69) is 0 Å². The molecule has 4 heteroatoms. The van der Waals surface area contributed by atoms with Crippen LogP contribution in [0.1, 0.15) is 28.8 Å². The van der Waals surface area contributed by atoms with E-state index in [9.17, 15) is 13.6 Å². The van der Waals surface area contributed by atoms with Gasteiger partial charge in [-0.3, -0.25) is 4.79 Å². The second-order valence-corrected chi connectivity index (χ2v) is 4.83. The van der Waals surface area contributed by atoms with E-state index in [0.29, 0.717) is 6.42 Å². The minimum Gasteiger partial charge on any atom is -0.359 e. The highest BCUT2D eigenvalue weighted by molar-refractivity contribution is 5.99. The van der Waals surface area contributed by atoms with Crippen LogP contribution in [0.25, 0.3) is 0 Å². The molecule has 0 amide bonds. The first-order chi connectivity index (χ1) is 8.05. The van der Waals surface area contributed by atoms with Gasteiger partial charge in [-0.25, -0.2) is 8.78 Å². The fourth-order valence-electron chi connectivity index (χ4n) is 2.51. The topological polar surface area (TPSA) is 20.3 Å². The average molecular weight is 237 g/mol. The number of Topliss-reactive ketones (excluding diaryl/α,β-unsaturated/α-hetero) is 1. The Morgan fingerprint density at radius 2 is 1.94 bits per heavy atom. The van der Waals surface area contributed by atoms with Crippen LogP contribution in [0.3, 0.4) is 0 Å². The van der Waals surface area contributed by atoms with Crippen molar-refractivity contribution in [2.24, 2.45) is 0 Å². The molecule has 0 spiro atoms. The monoisotopic (exact) mass is 237 g/mol. The number of fused-ring (bicyclic) bond motifs is 1. The van der Waals surface area contributed by atoms with Gasteiger partial charge in [0.05, 0.1) is 13.1 Å². The second-order valence-electron chi connectivity index (χ2n) is 4.83. The van der Waals surface area contributed by atoms with Crippen molar-refractivity contribution < 1.29 is 13.6 Å². The van der Waals surface area contributed by atoms with Crippen LogP contribution in [0.5, 0.6) is 0 Å². The molecule has 1 heterocycles. The third-order valence-electron chi connectivity index (χ3n) is 3.45. The standard InChI is InChI=1S/C13H13F2NO/c14-13(15)7-16(8-13)10-5-4-9-2-1-3-12(17)11(9)6-10/h4-6H,1-3,7-8H2. The summed E-state index contributed by atoms with van der Waals surface area (Å²) < 4.78 is 25.6. The molecule has 1 aromatic carbocycles. The van der Waals surface area contributed by atoms with Gasteiger partial charge in [0.25, 0.3) is 5.92 Å². The molecule has 1 aromatic rings. The maximum absolute atomic E-state index is 12.8. The van der Waals surface area contributed by atoms with E-state index in [1.165, 1.54) is 0 Å². The summed E-state index contributed by atoms with van der Waals surface area (Å²) >= 11 is 0. The van der Waals surface area contributed by atoms with Crippen molar-refractivity contribution in [3.63, 3.8) is 0 Å². The van der Waals surface area contributed by atoms with Crippen LogP contribution in [0, 0.1) is 0 Å². The van der Waals surface area contributed by atoms with E-state index >= 15 is 0 Å². The zero-order valence-electron chi connectivity index (χ0n) is 9.38. The molecule has 0 saturated carbocycles. The van der Waals surface area contributed by atoms with E-state index in [1.54, 1.807) is 11.0 Å². The van der Waals surface area contributed by atoms with E-state index in [-0.39, 0.29) is 18.9 Å². The van der Waals surface area contributed by atoms with Crippen molar-refractivity contribution in [3.05, 3.63) is 29.3 Å². The molecule has 3 rings (SSSR count). The van der Waals surface area contributed by atoms with Crippen LogP contribution in [0.2, 0.25) is 0 Å². The summed E-state index contributed by atoms with van der Waals surface area (Å²) in [6.45, 7) is -0.472. The fraction of sp³-hybridized carbons (Fsp3) is 0.462. The van der Waals surface area contributed by atoms with Crippen molar-refractivity contribution in [2.45, 2.75) is 25.2 Å². The summed E-state index contributed by atoms with van der Waals surface area (Å²) in [5.41, 5.74) is 2.52. The molecule has 1 saturated heterocycles. The first-order valence-corrected chi connectivity index (χ1v) is 5.84. The molecule has 1 aliphatic carbocycles. The van der Waals surface area contributed by atoms with Crippen molar-refractivity contribution in [1.29, 1.82) is 0 Å². The predicted molar refractivity (Wildman–Crippen MR) is 60.9 cm³/mol. The number of hydrogen-bond acceptors (Lipinski definition) is 2. The zero-order chi connectivity index (χ0) is 12.0.